The number of primary amides is 1. The van der Waals surface area contributed by atoms with Gasteiger partial charge in [-0.2, -0.15) is 0 Å². The maximum Gasteiger partial charge on any atom is 0.316 e. The van der Waals surface area contributed by atoms with Crippen LogP contribution in [0.3, 0.4) is 0 Å². The Balaban J connectivity index is 2.50. The Bertz CT molecular complexity index is 161. The third-order valence-electron chi connectivity index (χ3n) is 2.12. The van der Waals surface area contributed by atoms with Crippen LogP contribution in [0.25, 0.3) is 0 Å². The molecule has 3 N–H and O–H groups in total. The SMILES string of the molecule is CC1CCN(C(N)=O)C(O)C1. The van der Waals surface area contributed by atoms with Crippen LogP contribution < -0.4 is 5.73 Å². The molecule has 2 amide bonds. The van der Waals surface area contributed by atoms with E-state index in [1.165, 1.54) is 4.90 Å². The summed E-state index contributed by atoms with van der Waals surface area (Å²) in [7, 11) is 0. The van der Waals surface area contributed by atoms with Gasteiger partial charge in [-0.1, -0.05) is 6.92 Å². The maximum atomic E-state index is 10.7. The van der Waals surface area contributed by atoms with Gasteiger partial charge in [0.1, 0.15) is 6.23 Å². The van der Waals surface area contributed by atoms with E-state index in [1.807, 2.05) is 0 Å². The number of piperidine rings is 1. The van der Waals surface area contributed by atoms with E-state index in [-0.39, 0.29) is 0 Å². The average Bonchev–Trinajstić information content (AvgIpc) is 1.85. The summed E-state index contributed by atoms with van der Waals surface area (Å²) in [5.74, 6) is 0.487. The summed E-state index contributed by atoms with van der Waals surface area (Å²) in [6.45, 7) is 2.64. The molecule has 0 aromatic carbocycles. The highest BCUT2D eigenvalue weighted by Crippen LogP contribution is 2.19. The van der Waals surface area contributed by atoms with E-state index in [9.17, 15) is 9.90 Å². The van der Waals surface area contributed by atoms with E-state index in [1.54, 1.807) is 0 Å². The molecule has 1 aliphatic heterocycles. The molecule has 4 heteroatoms. The second kappa shape index (κ2) is 3.09. The van der Waals surface area contributed by atoms with Crippen LogP contribution in [0.2, 0.25) is 0 Å². The van der Waals surface area contributed by atoms with Gasteiger partial charge in [-0.05, 0) is 18.8 Å². The fourth-order valence-corrected chi connectivity index (χ4v) is 1.37. The lowest BCUT2D eigenvalue weighted by Gasteiger charge is -2.33. The van der Waals surface area contributed by atoms with Crippen LogP contribution in [0, 0.1) is 5.92 Å². The molecular weight excluding hydrogens is 144 g/mol. The van der Waals surface area contributed by atoms with Crippen molar-refractivity contribution in [1.82, 2.24) is 4.90 Å². The molecule has 11 heavy (non-hydrogen) atoms. The van der Waals surface area contributed by atoms with Gasteiger partial charge in [-0.15, -0.1) is 0 Å². The fraction of sp³-hybridized carbons (Fsp3) is 0.857. The van der Waals surface area contributed by atoms with Crippen molar-refractivity contribution in [3.05, 3.63) is 0 Å². The zero-order valence-corrected chi connectivity index (χ0v) is 6.66. The highest BCUT2D eigenvalue weighted by molar-refractivity contribution is 5.72. The van der Waals surface area contributed by atoms with E-state index in [0.29, 0.717) is 18.9 Å². The minimum atomic E-state index is -0.670. The first-order valence-corrected chi connectivity index (χ1v) is 3.85. The van der Waals surface area contributed by atoms with Crippen LogP contribution in [0.4, 0.5) is 4.79 Å². The van der Waals surface area contributed by atoms with Crippen molar-refractivity contribution in [3.63, 3.8) is 0 Å². The van der Waals surface area contributed by atoms with E-state index in [2.05, 4.69) is 6.92 Å². The Morgan fingerprint density at radius 2 is 2.36 bits per heavy atom. The van der Waals surface area contributed by atoms with Gasteiger partial charge in [0, 0.05) is 6.54 Å². The molecule has 0 bridgehead atoms. The molecule has 1 aliphatic rings. The zero-order chi connectivity index (χ0) is 8.43. The van der Waals surface area contributed by atoms with Crippen LogP contribution in [-0.2, 0) is 0 Å². The Hall–Kier alpha value is -0.770. The van der Waals surface area contributed by atoms with E-state index < -0.39 is 12.3 Å². The quantitative estimate of drug-likeness (QED) is 0.525. The lowest BCUT2D eigenvalue weighted by molar-refractivity contribution is -0.00934. The second-order valence-electron chi connectivity index (χ2n) is 3.14. The number of urea groups is 1. The average molecular weight is 158 g/mol. The van der Waals surface area contributed by atoms with E-state index >= 15 is 0 Å². The monoisotopic (exact) mass is 158 g/mol. The lowest BCUT2D eigenvalue weighted by Crippen LogP contribution is -2.48. The van der Waals surface area contributed by atoms with Crippen molar-refractivity contribution in [2.24, 2.45) is 11.7 Å². The van der Waals surface area contributed by atoms with Crippen molar-refractivity contribution in [1.29, 1.82) is 0 Å². The highest BCUT2D eigenvalue weighted by Gasteiger charge is 2.26. The number of hydrogen-bond acceptors (Lipinski definition) is 2. The number of rotatable bonds is 0. The van der Waals surface area contributed by atoms with Crippen molar-refractivity contribution >= 4 is 6.03 Å². The van der Waals surface area contributed by atoms with E-state index in [0.717, 1.165) is 6.42 Å². The van der Waals surface area contributed by atoms with Gasteiger partial charge in [-0.3, -0.25) is 4.90 Å². The first-order chi connectivity index (χ1) is 5.11. The first-order valence-electron chi connectivity index (χ1n) is 3.85. The van der Waals surface area contributed by atoms with Gasteiger partial charge < -0.3 is 10.8 Å². The predicted octanol–water partition coefficient (Wildman–Crippen LogP) is 0.115. The minimum absolute atomic E-state index is 0.487. The molecule has 2 atom stereocenters. The molecule has 0 radical (unpaired) electrons. The fourth-order valence-electron chi connectivity index (χ4n) is 1.37. The molecule has 0 aromatic heterocycles. The number of aliphatic hydroxyl groups is 1. The molecule has 0 aromatic rings. The number of carbonyl (C=O) groups is 1. The summed E-state index contributed by atoms with van der Waals surface area (Å²) < 4.78 is 0. The molecule has 1 rings (SSSR count). The van der Waals surface area contributed by atoms with Gasteiger partial charge in [0.25, 0.3) is 0 Å². The number of likely N-dealkylation sites (tertiary alicyclic amines) is 1. The molecule has 1 heterocycles. The first kappa shape index (κ1) is 8.33. The van der Waals surface area contributed by atoms with E-state index in [4.69, 9.17) is 5.73 Å². The molecular formula is C7H14N2O2. The van der Waals surface area contributed by atoms with Crippen molar-refractivity contribution in [2.75, 3.05) is 6.54 Å². The topological polar surface area (TPSA) is 66.6 Å². The third kappa shape index (κ3) is 1.83. The summed E-state index contributed by atoms with van der Waals surface area (Å²) in [6, 6.07) is -0.524. The molecule has 0 spiro atoms. The van der Waals surface area contributed by atoms with Gasteiger partial charge in [-0.25, -0.2) is 4.79 Å². The Morgan fingerprint density at radius 3 is 2.82 bits per heavy atom. The second-order valence-corrected chi connectivity index (χ2v) is 3.14. The van der Waals surface area contributed by atoms with Gasteiger partial charge in [0.2, 0.25) is 0 Å². The normalized spacial score (nSPS) is 32.0. The number of carbonyl (C=O) groups excluding carboxylic acids is 1. The lowest BCUT2D eigenvalue weighted by atomic mass is 9.98. The Morgan fingerprint density at radius 1 is 1.73 bits per heavy atom. The van der Waals surface area contributed by atoms with Crippen LogP contribution >= 0.6 is 0 Å². The Labute approximate surface area is 66.0 Å². The summed E-state index contributed by atoms with van der Waals surface area (Å²) >= 11 is 0. The highest BCUT2D eigenvalue weighted by atomic mass is 16.3. The van der Waals surface area contributed by atoms with Crippen molar-refractivity contribution < 1.29 is 9.90 Å². The maximum absolute atomic E-state index is 10.7. The summed E-state index contributed by atoms with van der Waals surface area (Å²) in [5, 5.41) is 9.33. The number of nitrogens with zero attached hydrogens (tertiary/aromatic N) is 1. The summed E-state index contributed by atoms with van der Waals surface area (Å²) in [6.07, 6.45) is 0.902. The van der Waals surface area contributed by atoms with Crippen molar-refractivity contribution in [3.8, 4) is 0 Å². The van der Waals surface area contributed by atoms with Crippen LogP contribution in [0.1, 0.15) is 19.8 Å². The number of aliphatic hydroxyl groups excluding tert-OH is 1. The molecule has 4 nitrogen and oxygen atoms in total. The van der Waals surface area contributed by atoms with Crippen LogP contribution in [-0.4, -0.2) is 28.8 Å². The van der Waals surface area contributed by atoms with Crippen LogP contribution in [0.15, 0.2) is 0 Å². The largest absolute Gasteiger partial charge is 0.373 e. The molecule has 64 valence electrons. The molecule has 1 fully saturated rings. The van der Waals surface area contributed by atoms with Gasteiger partial charge in [0.15, 0.2) is 0 Å². The third-order valence-corrected chi connectivity index (χ3v) is 2.12. The van der Waals surface area contributed by atoms with Gasteiger partial charge in [0.05, 0.1) is 0 Å². The standard InChI is InChI=1S/C7H14N2O2/c1-5-2-3-9(7(8)11)6(10)4-5/h5-6,10H,2-4H2,1H3,(H2,8,11). The summed E-state index contributed by atoms with van der Waals surface area (Å²) in [5.41, 5.74) is 5.03. The molecule has 0 aliphatic carbocycles. The smallest absolute Gasteiger partial charge is 0.316 e. The summed E-state index contributed by atoms with van der Waals surface area (Å²) in [4.78, 5) is 12.0. The number of amides is 2. The van der Waals surface area contributed by atoms with Gasteiger partial charge >= 0.3 is 6.03 Å². The number of nitrogens with two attached hydrogens (primary N) is 1. The minimum Gasteiger partial charge on any atom is -0.373 e. The zero-order valence-electron chi connectivity index (χ0n) is 6.66. The van der Waals surface area contributed by atoms with Crippen LogP contribution in [0.5, 0.6) is 0 Å². The molecule has 2 unspecified atom stereocenters. The van der Waals surface area contributed by atoms with Crippen molar-refractivity contribution in [2.45, 2.75) is 26.0 Å². The Kier molecular flexibility index (Phi) is 2.34. The number of hydrogen-bond donors (Lipinski definition) is 2. The predicted molar refractivity (Wildman–Crippen MR) is 40.7 cm³/mol. The molecule has 1 saturated heterocycles. The molecule has 0 saturated carbocycles.